The van der Waals surface area contributed by atoms with Crippen molar-refractivity contribution in [3.05, 3.63) is 72.1 Å². The SMILES string of the molecule is CC(CCO)N(Cc1ccccc1)Cc1noc(-c2ccccc2)n1. The van der Waals surface area contributed by atoms with Crippen LogP contribution in [0.5, 0.6) is 0 Å². The fourth-order valence-electron chi connectivity index (χ4n) is 2.75. The van der Waals surface area contributed by atoms with Gasteiger partial charge < -0.3 is 9.63 Å². The highest BCUT2D eigenvalue weighted by atomic mass is 16.5. The van der Waals surface area contributed by atoms with Gasteiger partial charge in [0.05, 0.1) is 6.54 Å². The molecule has 0 fully saturated rings. The molecule has 1 unspecified atom stereocenters. The monoisotopic (exact) mass is 337 g/mol. The number of aliphatic hydroxyl groups is 1. The minimum atomic E-state index is 0.161. The van der Waals surface area contributed by atoms with Gasteiger partial charge in [-0.15, -0.1) is 0 Å². The summed E-state index contributed by atoms with van der Waals surface area (Å²) >= 11 is 0. The predicted octanol–water partition coefficient (Wildman–Crippen LogP) is 3.51. The molecule has 0 aliphatic rings. The van der Waals surface area contributed by atoms with Gasteiger partial charge in [0.2, 0.25) is 0 Å². The van der Waals surface area contributed by atoms with Crippen LogP contribution in [0.2, 0.25) is 0 Å². The quantitative estimate of drug-likeness (QED) is 0.681. The van der Waals surface area contributed by atoms with E-state index in [4.69, 9.17) is 4.52 Å². The first-order chi connectivity index (χ1) is 12.3. The smallest absolute Gasteiger partial charge is 0.257 e. The molecule has 0 radical (unpaired) electrons. The minimum Gasteiger partial charge on any atom is -0.396 e. The summed E-state index contributed by atoms with van der Waals surface area (Å²) in [5.41, 5.74) is 2.14. The second-order valence-corrected chi connectivity index (χ2v) is 6.13. The molecule has 25 heavy (non-hydrogen) atoms. The lowest BCUT2D eigenvalue weighted by molar-refractivity contribution is 0.149. The number of rotatable bonds is 8. The first-order valence-corrected chi connectivity index (χ1v) is 8.53. The summed E-state index contributed by atoms with van der Waals surface area (Å²) in [5.74, 6) is 1.18. The predicted molar refractivity (Wildman–Crippen MR) is 96.6 cm³/mol. The Balaban J connectivity index is 1.74. The minimum absolute atomic E-state index is 0.161. The van der Waals surface area contributed by atoms with Gasteiger partial charge in [-0.25, -0.2) is 0 Å². The second-order valence-electron chi connectivity index (χ2n) is 6.13. The van der Waals surface area contributed by atoms with E-state index in [2.05, 4.69) is 34.1 Å². The van der Waals surface area contributed by atoms with E-state index in [1.165, 1.54) is 5.56 Å². The molecule has 0 spiro atoms. The topological polar surface area (TPSA) is 62.4 Å². The molecule has 2 aromatic carbocycles. The van der Waals surface area contributed by atoms with Crippen LogP contribution in [0.1, 0.15) is 24.7 Å². The van der Waals surface area contributed by atoms with E-state index < -0.39 is 0 Å². The van der Waals surface area contributed by atoms with Crippen LogP contribution in [0.4, 0.5) is 0 Å². The van der Waals surface area contributed by atoms with Crippen molar-refractivity contribution in [2.45, 2.75) is 32.5 Å². The summed E-state index contributed by atoms with van der Waals surface area (Å²) in [6.45, 7) is 3.62. The Labute approximate surface area is 147 Å². The molecule has 0 aliphatic heterocycles. The van der Waals surface area contributed by atoms with Gasteiger partial charge in [0.15, 0.2) is 5.82 Å². The van der Waals surface area contributed by atoms with Crippen molar-refractivity contribution in [2.24, 2.45) is 0 Å². The third-order valence-corrected chi connectivity index (χ3v) is 4.23. The molecule has 0 amide bonds. The Morgan fingerprint density at radius 2 is 1.68 bits per heavy atom. The molecule has 1 aromatic heterocycles. The van der Waals surface area contributed by atoms with Crippen LogP contribution in [0.15, 0.2) is 65.2 Å². The summed E-state index contributed by atoms with van der Waals surface area (Å²) in [7, 11) is 0. The molecular formula is C20H23N3O2. The van der Waals surface area contributed by atoms with Crippen molar-refractivity contribution in [2.75, 3.05) is 6.61 Å². The van der Waals surface area contributed by atoms with E-state index in [1.54, 1.807) is 0 Å². The molecule has 3 rings (SSSR count). The molecular weight excluding hydrogens is 314 g/mol. The maximum Gasteiger partial charge on any atom is 0.257 e. The van der Waals surface area contributed by atoms with Crippen molar-refractivity contribution in [3.63, 3.8) is 0 Å². The van der Waals surface area contributed by atoms with E-state index in [0.29, 0.717) is 24.7 Å². The van der Waals surface area contributed by atoms with Gasteiger partial charge in [-0.05, 0) is 31.0 Å². The van der Waals surface area contributed by atoms with Crippen LogP contribution < -0.4 is 0 Å². The fourth-order valence-corrected chi connectivity index (χ4v) is 2.75. The van der Waals surface area contributed by atoms with E-state index in [1.807, 2.05) is 48.5 Å². The number of aliphatic hydroxyl groups excluding tert-OH is 1. The van der Waals surface area contributed by atoms with Gasteiger partial charge in [-0.2, -0.15) is 4.98 Å². The molecule has 5 nitrogen and oxygen atoms in total. The highest BCUT2D eigenvalue weighted by Gasteiger charge is 2.18. The lowest BCUT2D eigenvalue weighted by Gasteiger charge is -2.27. The van der Waals surface area contributed by atoms with Crippen molar-refractivity contribution >= 4 is 0 Å². The Morgan fingerprint density at radius 1 is 1.00 bits per heavy atom. The molecule has 1 N–H and O–H groups in total. The van der Waals surface area contributed by atoms with Gasteiger partial charge >= 0.3 is 0 Å². The number of aromatic nitrogens is 2. The summed E-state index contributed by atoms with van der Waals surface area (Å²) < 4.78 is 5.40. The fraction of sp³-hybridized carbons (Fsp3) is 0.300. The molecule has 0 aliphatic carbocycles. The molecule has 3 aromatic rings. The number of nitrogens with zero attached hydrogens (tertiary/aromatic N) is 3. The molecule has 1 atom stereocenters. The maximum absolute atomic E-state index is 9.29. The first kappa shape index (κ1) is 17.3. The second kappa shape index (κ2) is 8.55. The Bertz CT molecular complexity index is 759. The third-order valence-electron chi connectivity index (χ3n) is 4.23. The summed E-state index contributed by atoms with van der Waals surface area (Å²) in [6.07, 6.45) is 0.705. The Hall–Kier alpha value is -2.50. The number of hydrogen-bond acceptors (Lipinski definition) is 5. The zero-order valence-electron chi connectivity index (χ0n) is 14.4. The van der Waals surface area contributed by atoms with Gasteiger partial charge in [0.1, 0.15) is 0 Å². The summed E-state index contributed by atoms with van der Waals surface area (Å²) in [4.78, 5) is 6.78. The van der Waals surface area contributed by atoms with Crippen LogP contribution >= 0.6 is 0 Å². The molecule has 5 heteroatoms. The first-order valence-electron chi connectivity index (χ1n) is 8.53. The summed E-state index contributed by atoms with van der Waals surface area (Å²) in [5, 5.41) is 13.4. The van der Waals surface area contributed by atoms with E-state index in [9.17, 15) is 5.11 Å². The van der Waals surface area contributed by atoms with E-state index >= 15 is 0 Å². The van der Waals surface area contributed by atoms with Crippen molar-refractivity contribution < 1.29 is 9.63 Å². The third kappa shape index (κ3) is 4.75. The molecule has 1 heterocycles. The van der Waals surface area contributed by atoms with Crippen molar-refractivity contribution in [1.29, 1.82) is 0 Å². The van der Waals surface area contributed by atoms with Crippen LogP contribution in [-0.2, 0) is 13.1 Å². The maximum atomic E-state index is 9.29. The largest absolute Gasteiger partial charge is 0.396 e. The molecule has 130 valence electrons. The Kier molecular flexibility index (Phi) is 5.93. The van der Waals surface area contributed by atoms with Crippen molar-refractivity contribution in [1.82, 2.24) is 15.0 Å². The van der Waals surface area contributed by atoms with Crippen LogP contribution in [0.25, 0.3) is 11.5 Å². The van der Waals surface area contributed by atoms with Gasteiger partial charge in [-0.1, -0.05) is 53.7 Å². The average molecular weight is 337 g/mol. The van der Waals surface area contributed by atoms with Crippen LogP contribution in [0.3, 0.4) is 0 Å². The molecule has 0 bridgehead atoms. The van der Waals surface area contributed by atoms with Crippen LogP contribution in [-0.4, -0.2) is 32.8 Å². The van der Waals surface area contributed by atoms with E-state index in [-0.39, 0.29) is 12.6 Å². The standard InChI is InChI=1S/C20H23N3O2/c1-16(12-13-24)23(14-17-8-4-2-5-9-17)15-19-21-20(25-22-19)18-10-6-3-7-11-18/h2-11,16,24H,12-15H2,1H3. The zero-order chi connectivity index (χ0) is 17.5. The number of benzene rings is 2. The lowest BCUT2D eigenvalue weighted by atomic mass is 10.1. The normalized spacial score (nSPS) is 12.4. The van der Waals surface area contributed by atoms with E-state index in [0.717, 1.165) is 12.1 Å². The lowest BCUT2D eigenvalue weighted by Crippen LogP contribution is -2.33. The highest BCUT2D eigenvalue weighted by molar-refractivity contribution is 5.51. The number of hydrogen-bond donors (Lipinski definition) is 1. The molecule has 0 saturated carbocycles. The zero-order valence-corrected chi connectivity index (χ0v) is 14.4. The van der Waals surface area contributed by atoms with Gasteiger partial charge in [-0.3, -0.25) is 4.90 Å². The Morgan fingerprint density at radius 3 is 2.36 bits per heavy atom. The summed E-state index contributed by atoms with van der Waals surface area (Å²) in [6, 6.07) is 20.3. The average Bonchev–Trinajstić information content (AvgIpc) is 3.12. The van der Waals surface area contributed by atoms with Gasteiger partial charge in [0.25, 0.3) is 5.89 Å². The highest BCUT2D eigenvalue weighted by Crippen LogP contribution is 2.18. The van der Waals surface area contributed by atoms with Gasteiger partial charge in [0, 0.05) is 24.8 Å². The van der Waals surface area contributed by atoms with Crippen molar-refractivity contribution in [3.8, 4) is 11.5 Å². The van der Waals surface area contributed by atoms with Crippen LogP contribution in [0, 0.1) is 0 Å². The molecule has 0 saturated heterocycles.